The molecule has 3 aromatic rings. The van der Waals surface area contributed by atoms with E-state index in [4.69, 9.17) is 11.6 Å². The molecule has 7 heteroatoms. The fraction of sp³-hybridized carbons (Fsp3) is 0.240. The van der Waals surface area contributed by atoms with Gasteiger partial charge < -0.3 is 5.32 Å². The Hall–Kier alpha value is -2.83. The number of carbonyl (C=O) groups is 1. The van der Waals surface area contributed by atoms with Crippen molar-refractivity contribution in [1.82, 2.24) is 10.6 Å². The lowest BCUT2D eigenvalue weighted by Crippen LogP contribution is -2.38. The number of halogens is 4. The van der Waals surface area contributed by atoms with Gasteiger partial charge in [0, 0.05) is 18.1 Å². The summed E-state index contributed by atoms with van der Waals surface area (Å²) in [6.45, 7) is 0. The zero-order valence-electron chi connectivity index (χ0n) is 17.5. The fourth-order valence-electron chi connectivity index (χ4n) is 3.53. The second-order valence-electron chi connectivity index (χ2n) is 7.46. The lowest BCUT2D eigenvalue weighted by Gasteiger charge is -2.26. The Labute approximate surface area is 190 Å². The highest BCUT2D eigenvalue weighted by atomic mass is 35.5. The summed E-state index contributed by atoms with van der Waals surface area (Å²) < 4.78 is 38.5. The molecule has 0 spiro atoms. The Balaban J connectivity index is 1.83. The molecule has 0 heterocycles. The summed E-state index contributed by atoms with van der Waals surface area (Å²) in [6.07, 6.45) is -3.25. The van der Waals surface area contributed by atoms with E-state index in [1.807, 2.05) is 42.5 Å². The molecule has 0 saturated carbocycles. The number of carbonyl (C=O) groups excluding carboxylic acids is 1. The number of aryl methyl sites for hydroxylation is 1. The van der Waals surface area contributed by atoms with Gasteiger partial charge in [-0.1, -0.05) is 66.2 Å². The van der Waals surface area contributed by atoms with Gasteiger partial charge in [-0.25, -0.2) is 0 Å². The maximum atomic E-state index is 12.8. The molecule has 0 aromatic heterocycles. The highest BCUT2D eigenvalue weighted by molar-refractivity contribution is 6.30. The van der Waals surface area contributed by atoms with E-state index < -0.39 is 17.8 Å². The van der Waals surface area contributed by atoms with Gasteiger partial charge in [0.2, 0.25) is 5.91 Å². The van der Waals surface area contributed by atoms with Gasteiger partial charge in [0.15, 0.2) is 0 Å². The molecule has 3 nitrogen and oxygen atoms in total. The number of hydrogen-bond acceptors (Lipinski definition) is 2. The van der Waals surface area contributed by atoms with E-state index >= 15 is 0 Å². The molecule has 1 amide bonds. The minimum Gasteiger partial charge on any atom is -0.358 e. The predicted octanol–water partition coefficient (Wildman–Crippen LogP) is 6.11. The van der Waals surface area contributed by atoms with Gasteiger partial charge in [-0.05, 0) is 53.8 Å². The Morgan fingerprint density at radius 1 is 0.906 bits per heavy atom. The number of likely N-dealkylation sites (N-methyl/N-ethyl adjacent to an activating group) is 1. The van der Waals surface area contributed by atoms with Crippen LogP contribution in [0.15, 0.2) is 78.9 Å². The molecule has 0 aliphatic carbocycles. The van der Waals surface area contributed by atoms with Gasteiger partial charge in [-0.3, -0.25) is 10.1 Å². The van der Waals surface area contributed by atoms with Crippen molar-refractivity contribution in [2.24, 2.45) is 0 Å². The molecule has 2 N–H and O–H groups in total. The van der Waals surface area contributed by atoms with Crippen LogP contribution < -0.4 is 10.6 Å². The average Bonchev–Trinajstić information content (AvgIpc) is 2.80. The van der Waals surface area contributed by atoms with Crippen LogP contribution in [0.5, 0.6) is 0 Å². The van der Waals surface area contributed by atoms with Crippen molar-refractivity contribution >= 4 is 17.5 Å². The van der Waals surface area contributed by atoms with Crippen LogP contribution in [-0.2, 0) is 17.4 Å². The number of amides is 1. The van der Waals surface area contributed by atoms with E-state index in [9.17, 15) is 18.0 Å². The summed E-state index contributed by atoms with van der Waals surface area (Å²) in [7, 11) is 1.58. The maximum absolute atomic E-state index is 12.8. The first-order valence-corrected chi connectivity index (χ1v) is 10.6. The first-order chi connectivity index (χ1) is 15.3. The summed E-state index contributed by atoms with van der Waals surface area (Å²) in [5, 5.41) is 6.72. The third-order valence-corrected chi connectivity index (χ3v) is 5.54. The van der Waals surface area contributed by atoms with Gasteiger partial charge in [0.25, 0.3) is 0 Å². The maximum Gasteiger partial charge on any atom is 0.416 e. The van der Waals surface area contributed by atoms with Crippen molar-refractivity contribution in [3.63, 3.8) is 0 Å². The molecule has 0 aliphatic rings. The Morgan fingerprint density at radius 2 is 1.53 bits per heavy atom. The smallest absolute Gasteiger partial charge is 0.358 e. The Kier molecular flexibility index (Phi) is 7.94. The molecule has 0 bridgehead atoms. The third-order valence-electron chi connectivity index (χ3n) is 5.28. The Morgan fingerprint density at radius 3 is 2.09 bits per heavy atom. The monoisotopic (exact) mass is 460 g/mol. The topological polar surface area (TPSA) is 41.1 Å². The van der Waals surface area contributed by atoms with Crippen molar-refractivity contribution in [3.05, 3.63) is 106 Å². The van der Waals surface area contributed by atoms with Crippen molar-refractivity contribution in [1.29, 1.82) is 0 Å². The van der Waals surface area contributed by atoms with Crippen LogP contribution in [-0.4, -0.2) is 13.0 Å². The second kappa shape index (κ2) is 10.7. The van der Waals surface area contributed by atoms with Crippen molar-refractivity contribution < 1.29 is 18.0 Å². The Bertz CT molecular complexity index is 1010. The first-order valence-electron chi connectivity index (χ1n) is 10.2. The molecule has 0 unspecified atom stereocenters. The first kappa shape index (κ1) is 23.8. The molecule has 0 saturated heterocycles. The van der Waals surface area contributed by atoms with Gasteiger partial charge in [0.1, 0.15) is 6.04 Å². The molecule has 0 fully saturated rings. The average molecular weight is 461 g/mol. The molecule has 32 heavy (non-hydrogen) atoms. The fourth-order valence-corrected chi connectivity index (χ4v) is 3.65. The zero-order chi connectivity index (χ0) is 23.1. The summed E-state index contributed by atoms with van der Waals surface area (Å²) in [6, 6.07) is 21.1. The van der Waals surface area contributed by atoms with Crippen LogP contribution in [0, 0.1) is 0 Å². The molecular formula is C25H24ClF3N2O. The van der Waals surface area contributed by atoms with Gasteiger partial charge in [0.05, 0.1) is 5.56 Å². The third kappa shape index (κ3) is 6.34. The molecule has 3 rings (SSSR count). The van der Waals surface area contributed by atoms with Crippen LogP contribution in [0.4, 0.5) is 13.2 Å². The lowest BCUT2D eigenvalue weighted by atomic mass is 9.96. The van der Waals surface area contributed by atoms with E-state index in [2.05, 4.69) is 10.6 Å². The quantitative estimate of drug-likeness (QED) is 0.426. The SMILES string of the molecule is CNC(=O)[C@H](N[C@@H](CCc1ccc(C(F)(F)F)cc1)c1ccc(Cl)cc1)c1ccccc1. The number of rotatable bonds is 8. The highest BCUT2D eigenvalue weighted by Crippen LogP contribution is 2.30. The number of nitrogens with one attached hydrogen (secondary N) is 2. The summed E-state index contributed by atoms with van der Waals surface area (Å²) in [5.74, 6) is -0.176. The molecule has 3 aromatic carbocycles. The second-order valence-corrected chi connectivity index (χ2v) is 7.90. The standard InChI is InChI=1S/C25H24ClF3N2O/c1-30-24(32)23(19-5-3-2-4-6-19)31-22(18-10-14-21(26)15-11-18)16-9-17-7-12-20(13-8-17)25(27,28)29/h2-8,10-15,22-23,31H,9,16H2,1H3,(H,30,32)/t22-,23+/m0/s1. The summed E-state index contributed by atoms with van der Waals surface area (Å²) in [5.41, 5.74) is 1.87. The van der Waals surface area contributed by atoms with E-state index in [0.717, 1.165) is 28.8 Å². The van der Waals surface area contributed by atoms with E-state index in [1.165, 1.54) is 12.1 Å². The van der Waals surface area contributed by atoms with Crippen LogP contribution in [0.2, 0.25) is 5.02 Å². The van der Waals surface area contributed by atoms with Crippen molar-refractivity contribution in [3.8, 4) is 0 Å². The van der Waals surface area contributed by atoms with Crippen molar-refractivity contribution in [2.45, 2.75) is 31.1 Å². The van der Waals surface area contributed by atoms with Crippen LogP contribution in [0.1, 0.15) is 40.8 Å². The normalized spacial score (nSPS) is 13.4. The lowest BCUT2D eigenvalue weighted by molar-refractivity contribution is -0.137. The molecule has 0 radical (unpaired) electrons. The minimum atomic E-state index is -4.36. The van der Waals surface area contributed by atoms with Crippen molar-refractivity contribution in [2.75, 3.05) is 7.05 Å². The van der Waals surface area contributed by atoms with Gasteiger partial charge in [-0.15, -0.1) is 0 Å². The van der Waals surface area contributed by atoms with Gasteiger partial charge in [-0.2, -0.15) is 13.2 Å². The summed E-state index contributed by atoms with van der Waals surface area (Å²) in [4.78, 5) is 12.6. The summed E-state index contributed by atoms with van der Waals surface area (Å²) >= 11 is 6.04. The molecule has 2 atom stereocenters. The van der Waals surface area contributed by atoms with Crippen LogP contribution in [0.25, 0.3) is 0 Å². The highest BCUT2D eigenvalue weighted by Gasteiger charge is 2.30. The molecule has 0 aliphatic heterocycles. The number of alkyl halides is 3. The van der Waals surface area contributed by atoms with Gasteiger partial charge >= 0.3 is 6.18 Å². The predicted molar refractivity (Wildman–Crippen MR) is 120 cm³/mol. The van der Waals surface area contributed by atoms with Crippen LogP contribution >= 0.6 is 11.6 Å². The largest absolute Gasteiger partial charge is 0.416 e. The zero-order valence-corrected chi connectivity index (χ0v) is 18.3. The van der Waals surface area contributed by atoms with E-state index in [1.54, 1.807) is 19.2 Å². The molecular weight excluding hydrogens is 437 g/mol. The minimum absolute atomic E-state index is 0.176. The molecule has 168 valence electrons. The van der Waals surface area contributed by atoms with E-state index in [-0.39, 0.29) is 11.9 Å². The number of benzene rings is 3. The van der Waals surface area contributed by atoms with E-state index in [0.29, 0.717) is 17.9 Å². The number of hydrogen-bond donors (Lipinski definition) is 2. The van der Waals surface area contributed by atoms with Crippen LogP contribution in [0.3, 0.4) is 0 Å².